The summed E-state index contributed by atoms with van der Waals surface area (Å²) in [6, 6.07) is 3.38. The molecule has 2 rings (SSSR count). The van der Waals surface area contributed by atoms with Crippen LogP contribution in [0.25, 0.3) is 0 Å². The number of carbonyl (C=O) groups excluding carboxylic acids is 1. The summed E-state index contributed by atoms with van der Waals surface area (Å²) in [4.78, 5) is 18.1. The maximum Gasteiger partial charge on any atom is 0.254 e. The molecule has 2 heterocycles. The molecule has 1 aromatic heterocycles. The second kappa shape index (κ2) is 5.77. The Hall–Kier alpha value is -0.980. The monoisotopic (exact) mass is 314 g/mol. The Bertz CT molecular complexity index is 441. The lowest BCUT2D eigenvalue weighted by atomic mass is 10.1. The first-order valence-electron chi connectivity index (χ1n) is 5.77. The Labute approximate surface area is 114 Å². The van der Waals surface area contributed by atoms with Crippen molar-refractivity contribution in [3.8, 4) is 0 Å². The first kappa shape index (κ1) is 13.5. The molecule has 6 heteroatoms. The number of hydrogen-bond donors (Lipinski definition) is 1. The summed E-state index contributed by atoms with van der Waals surface area (Å²) < 4.78 is 6.05. The van der Waals surface area contributed by atoms with Gasteiger partial charge in [0, 0.05) is 18.3 Å². The van der Waals surface area contributed by atoms with Crippen LogP contribution in [0.5, 0.6) is 0 Å². The molecule has 1 amide bonds. The van der Waals surface area contributed by atoms with Gasteiger partial charge in [-0.15, -0.1) is 0 Å². The van der Waals surface area contributed by atoms with Crippen LogP contribution in [0.4, 0.5) is 0 Å². The Morgan fingerprint density at radius 1 is 1.72 bits per heavy atom. The minimum absolute atomic E-state index is 0.00670. The number of ether oxygens (including phenoxy) is 1. The fourth-order valence-electron chi connectivity index (χ4n) is 1.91. The third kappa shape index (κ3) is 2.88. The highest BCUT2D eigenvalue weighted by Gasteiger charge is 2.29. The van der Waals surface area contributed by atoms with Gasteiger partial charge in [0.25, 0.3) is 5.91 Å². The molecule has 1 saturated heterocycles. The number of halogens is 1. The number of aliphatic hydroxyl groups excluding tert-OH is 1. The van der Waals surface area contributed by atoms with E-state index in [1.807, 2.05) is 6.92 Å². The van der Waals surface area contributed by atoms with E-state index in [4.69, 9.17) is 9.84 Å². The van der Waals surface area contributed by atoms with Crippen LogP contribution < -0.4 is 0 Å². The maximum absolute atomic E-state index is 12.4. The molecule has 0 bridgehead atoms. The van der Waals surface area contributed by atoms with Crippen LogP contribution in [0, 0.1) is 0 Å². The molecule has 5 nitrogen and oxygen atoms in total. The number of aromatic nitrogens is 1. The van der Waals surface area contributed by atoms with E-state index in [1.54, 1.807) is 23.2 Å². The fourth-order valence-corrected chi connectivity index (χ4v) is 2.28. The number of aliphatic hydroxyl groups is 1. The van der Waals surface area contributed by atoms with Crippen LogP contribution in [-0.4, -0.2) is 52.8 Å². The van der Waals surface area contributed by atoms with Gasteiger partial charge in [0.1, 0.15) is 4.60 Å². The van der Waals surface area contributed by atoms with Crippen molar-refractivity contribution in [3.63, 3.8) is 0 Å². The summed E-state index contributed by atoms with van der Waals surface area (Å²) in [7, 11) is 0. The predicted molar refractivity (Wildman–Crippen MR) is 69.3 cm³/mol. The molecule has 1 N–H and O–H groups in total. The smallest absolute Gasteiger partial charge is 0.254 e. The molecule has 1 aliphatic rings. The number of pyridine rings is 1. The Balaban J connectivity index is 2.16. The molecule has 1 fully saturated rings. The summed E-state index contributed by atoms with van der Waals surface area (Å²) in [5, 5.41) is 9.11. The summed E-state index contributed by atoms with van der Waals surface area (Å²) in [6.45, 7) is 2.72. The highest BCUT2D eigenvalue weighted by Crippen LogP contribution is 2.17. The van der Waals surface area contributed by atoms with E-state index in [2.05, 4.69) is 20.9 Å². The summed E-state index contributed by atoms with van der Waals surface area (Å²) in [5.74, 6) is -0.0626. The molecule has 1 aliphatic heterocycles. The molecule has 1 aromatic rings. The van der Waals surface area contributed by atoms with Gasteiger partial charge in [0.2, 0.25) is 0 Å². The lowest BCUT2D eigenvalue weighted by Crippen LogP contribution is -2.52. The Morgan fingerprint density at radius 2 is 2.50 bits per heavy atom. The second-order valence-corrected chi connectivity index (χ2v) is 5.12. The van der Waals surface area contributed by atoms with Gasteiger partial charge in [-0.25, -0.2) is 4.98 Å². The van der Waals surface area contributed by atoms with Gasteiger partial charge in [-0.05, 0) is 35.0 Å². The zero-order chi connectivity index (χ0) is 13.1. The van der Waals surface area contributed by atoms with Crippen LogP contribution in [0.3, 0.4) is 0 Å². The molecule has 0 saturated carbocycles. The molecular weight excluding hydrogens is 300 g/mol. The van der Waals surface area contributed by atoms with Gasteiger partial charge in [-0.3, -0.25) is 4.79 Å². The van der Waals surface area contributed by atoms with Crippen molar-refractivity contribution in [2.24, 2.45) is 0 Å². The summed E-state index contributed by atoms with van der Waals surface area (Å²) in [6.07, 6.45) is 1.29. The topological polar surface area (TPSA) is 62.7 Å². The van der Waals surface area contributed by atoms with Crippen LogP contribution >= 0.6 is 15.9 Å². The zero-order valence-electron chi connectivity index (χ0n) is 10.0. The molecule has 2 unspecified atom stereocenters. The fraction of sp³-hybridized carbons (Fsp3) is 0.500. The lowest BCUT2D eigenvalue weighted by Gasteiger charge is -2.37. The average Bonchev–Trinajstić information content (AvgIpc) is 2.38. The van der Waals surface area contributed by atoms with Gasteiger partial charge in [-0.2, -0.15) is 0 Å². The van der Waals surface area contributed by atoms with Crippen molar-refractivity contribution < 1.29 is 14.6 Å². The first-order chi connectivity index (χ1) is 8.61. The number of carbonyl (C=O) groups is 1. The van der Waals surface area contributed by atoms with Gasteiger partial charge in [-0.1, -0.05) is 0 Å². The largest absolute Gasteiger partial charge is 0.394 e. The van der Waals surface area contributed by atoms with Gasteiger partial charge in [0.15, 0.2) is 0 Å². The molecular formula is C12H15BrN2O3. The van der Waals surface area contributed by atoms with Crippen LogP contribution in [0.1, 0.15) is 17.3 Å². The van der Waals surface area contributed by atoms with Crippen LogP contribution in [0.15, 0.2) is 22.9 Å². The van der Waals surface area contributed by atoms with Crippen molar-refractivity contribution >= 4 is 21.8 Å². The van der Waals surface area contributed by atoms with Crippen molar-refractivity contribution in [3.05, 3.63) is 28.5 Å². The SMILES string of the molecule is CC1COC(CO)CN1C(=O)c1ccnc(Br)c1. The Kier molecular flexibility index (Phi) is 4.31. The predicted octanol–water partition coefficient (Wildman–Crippen LogP) is 1.07. The normalized spacial score (nSPS) is 24.1. The number of nitrogens with zero attached hydrogens (tertiary/aromatic N) is 2. The van der Waals surface area contributed by atoms with Crippen molar-refractivity contribution in [2.75, 3.05) is 19.8 Å². The van der Waals surface area contributed by atoms with E-state index in [0.29, 0.717) is 23.3 Å². The first-order valence-corrected chi connectivity index (χ1v) is 6.56. The number of hydrogen-bond acceptors (Lipinski definition) is 4. The van der Waals surface area contributed by atoms with E-state index >= 15 is 0 Å². The molecule has 18 heavy (non-hydrogen) atoms. The van der Waals surface area contributed by atoms with Crippen molar-refractivity contribution in [1.29, 1.82) is 0 Å². The molecule has 0 aliphatic carbocycles. The Morgan fingerprint density at radius 3 is 3.17 bits per heavy atom. The van der Waals surface area contributed by atoms with Crippen molar-refractivity contribution in [2.45, 2.75) is 19.1 Å². The van der Waals surface area contributed by atoms with E-state index < -0.39 is 0 Å². The highest BCUT2D eigenvalue weighted by atomic mass is 79.9. The minimum atomic E-state index is -0.296. The van der Waals surface area contributed by atoms with Gasteiger partial charge in [0.05, 0.1) is 25.4 Å². The molecule has 2 atom stereocenters. The number of morpholine rings is 1. The average molecular weight is 315 g/mol. The van der Waals surface area contributed by atoms with E-state index in [9.17, 15) is 4.79 Å². The molecule has 0 radical (unpaired) electrons. The number of rotatable bonds is 2. The van der Waals surface area contributed by atoms with E-state index in [1.165, 1.54) is 0 Å². The third-order valence-corrected chi connectivity index (χ3v) is 3.38. The highest BCUT2D eigenvalue weighted by molar-refractivity contribution is 9.10. The lowest BCUT2D eigenvalue weighted by molar-refractivity contribution is -0.0667. The maximum atomic E-state index is 12.4. The summed E-state index contributed by atoms with van der Waals surface area (Å²) >= 11 is 3.25. The van der Waals surface area contributed by atoms with E-state index in [-0.39, 0.29) is 24.7 Å². The van der Waals surface area contributed by atoms with E-state index in [0.717, 1.165) is 0 Å². The van der Waals surface area contributed by atoms with Gasteiger partial charge >= 0.3 is 0 Å². The quantitative estimate of drug-likeness (QED) is 0.829. The second-order valence-electron chi connectivity index (χ2n) is 4.31. The van der Waals surface area contributed by atoms with Crippen LogP contribution in [-0.2, 0) is 4.74 Å². The van der Waals surface area contributed by atoms with Crippen LogP contribution in [0.2, 0.25) is 0 Å². The third-order valence-electron chi connectivity index (χ3n) is 2.94. The zero-order valence-corrected chi connectivity index (χ0v) is 11.6. The van der Waals surface area contributed by atoms with Gasteiger partial charge < -0.3 is 14.7 Å². The molecule has 0 aromatic carbocycles. The molecule has 0 spiro atoms. The molecule has 98 valence electrons. The standard InChI is InChI=1S/C12H15BrN2O3/c1-8-7-18-10(6-16)5-15(8)12(17)9-2-3-14-11(13)4-9/h2-4,8,10,16H,5-7H2,1H3. The summed E-state index contributed by atoms with van der Waals surface area (Å²) in [5.41, 5.74) is 0.585. The number of amides is 1. The van der Waals surface area contributed by atoms with Crippen molar-refractivity contribution in [1.82, 2.24) is 9.88 Å². The minimum Gasteiger partial charge on any atom is -0.394 e.